The van der Waals surface area contributed by atoms with E-state index in [-0.39, 0.29) is 12.6 Å². The fourth-order valence-corrected chi connectivity index (χ4v) is 2.13. The minimum atomic E-state index is -0.856. The average molecular weight is 288 g/mol. The number of anilines is 1. The number of carboxylic acids is 1. The van der Waals surface area contributed by atoms with Gasteiger partial charge in [0.2, 0.25) is 0 Å². The van der Waals surface area contributed by atoms with Crippen molar-refractivity contribution in [3.63, 3.8) is 0 Å². The highest BCUT2D eigenvalue weighted by Crippen LogP contribution is 2.11. The number of carboxylic acid groups (broad SMARTS) is 1. The molecule has 1 saturated heterocycles. The van der Waals surface area contributed by atoms with Crippen molar-refractivity contribution in [1.82, 2.24) is 9.80 Å². The number of urea groups is 1. The number of carbonyl (C=O) groups excluding carboxylic acids is 1. The lowest BCUT2D eigenvalue weighted by molar-refractivity contribution is -0.138. The van der Waals surface area contributed by atoms with Gasteiger partial charge in [-0.05, 0) is 24.3 Å². The van der Waals surface area contributed by atoms with Crippen LogP contribution in [0.3, 0.4) is 0 Å². The van der Waals surface area contributed by atoms with E-state index < -0.39 is 5.97 Å². The zero-order valence-electron chi connectivity index (χ0n) is 11.5. The van der Waals surface area contributed by atoms with E-state index >= 15 is 0 Å². The number of nitrogens with zero attached hydrogens (tertiary/aromatic N) is 3. The average Bonchev–Trinajstić information content (AvgIpc) is 2.48. The van der Waals surface area contributed by atoms with Crippen LogP contribution in [-0.4, -0.2) is 59.6 Å². The Hall–Kier alpha value is -2.59. The first kappa shape index (κ1) is 14.8. The van der Waals surface area contributed by atoms with Gasteiger partial charge in [-0.3, -0.25) is 9.69 Å². The maximum Gasteiger partial charge on any atom is 0.321 e. The molecule has 1 fully saturated rings. The van der Waals surface area contributed by atoms with Crippen molar-refractivity contribution in [2.24, 2.45) is 0 Å². The first-order valence-corrected chi connectivity index (χ1v) is 6.59. The number of hydrogen-bond donors (Lipinski definition) is 2. The number of carbonyl (C=O) groups is 2. The first-order valence-electron chi connectivity index (χ1n) is 6.59. The van der Waals surface area contributed by atoms with E-state index in [1.807, 2.05) is 6.07 Å². The van der Waals surface area contributed by atoms with E-state index in [0.29, 0.717) is 37.4 Å². The van der Waals surface area contributed by atoms with E-state index in [1.54, 1.807) is 34.1 Å². The molecule has 0 aliphatic carbocycles. The third-order valence-electron chi connectivity index (χ3n) is 3.28. The predicted octanol–water partition coefficient (Wildman–Crippen LogP) is 0.792. The summed E-state index contributed by atoms with van der Waals surface area (Å²) in [4.78, 5) is 26.1. The number of piperazine rings is 1. The van der Waals surface area contributed by atoms with Gasteiger partial charge in [-0.15, -0.1) is 0 Å². The Morgan fingerprint density at radius 1 is 1.19 bits per heavy atom. The number of rotatable bonds is 3. The molecule has 1 aromatic carbocycles. The summed E-state index contributed by atoms with van der Waals surface area (Å²) >= 11 is 0. The molecule has 7 heteroatoms. The van der Waals surface area contributed by atoms with Crippen LogP contribution in [0.15, 0.2) is 24.3 Å². The van der Waals surface area contributed by atoms with Crippen molar-refractivity contribution in [2.45, 2.75) is 0 Å². The number of nitriles is 1. The van der Waals surface area contributed by atoms with Crippen molar-refractivity contribution in [1.29, 1.82) is 5.26 Å². The minimum Gasteiger partial charge on any atom is -0.480 e. The standard InChI is InChI=1S/C14H16N4O3/c15-9-11-1-3-12(4-2-11)16-14(21)18-7-5-17(6-8-18)10-13(19)20/h1-4H,5-8,10H2,(H,16,21)(H,19,20). The highest BCUT2D eigenvalue weighted by molar-refractivity contribution is 5.89. The summed E-state index contributed by atoms with van der Waals surface area (Å²) in [6.45, 7) is 2.09. The number of nitrogens with one attached hydrogen (secondary N) is 1. The first-order chi connectivity index (χ1) is 10.1. The molecule has 0 atom stereocenters. The topological polar surface area (TPSA) is 96.7 Å². The Bertz CT molecular complexity index is 557. The highest BCUT2D eigenvalue weighted by Gasteiger charge is 2.22. The molecule has 0 unspecified atom stereocenters. The quantitative estimate of drug-likeness (QED) is 0.857. The number of benzene rings is 1. The molecular weight excluding hydrogens is 272 g/mol. The molecule has 0 radical (unpaired) electrons. The fourth-order valence-electron chi connectivity index (χ4n) is 2.13. The van der Waals surface area contributed by atoms with Gasteiger partial charge < -0.3 is 15.3 Å². The Morgan fingerprint density at radius 3 is 2.33 bits per heavy atom. The van der Waals surface area contributed by atoms with Crippen LogP contribution in [0, 0.1) is 11.3 Å². The molecule has 1 aliphatic heterocycles. The van der Waals surface area contributed by atoms with E-state index in [4.69, 9.17) is 10.4 Å². The molecule has 2 rings (SSSR count). The van der Waals surface area contributed by atoms with Crippen LogP contribution in [0.5, 0.6) is 0 Å². The summed E-state index contributed by atoms with van der Waals surface area (Å²) < 4.78 is 0. The van der Waals surface area contributed by atoms with Gasteiger partial charge in [-0.25, -0.2) is 4.79 Å². The largest absolute Gasteiger partial charge is 0.480 e. The molecule has 1 heterocycles. The third-order valence-corrected chi connectivity index (χ3v) is 3.28. The number of aliphatic carboxylic acids is 1. The summed E-state index contributed by atoms with van der Waals surface area (Å²) in [7, 11) is 0. The van der Waals surface area contributed by atoms with Crippen molar-refractivity contribution >= 4 is 17.7 Å². The number of hydrogen-bond acceptors (Lipinski definition) is 4. The van der Waals surface area contributed by atoms with Crippen molar-refractivity contribution < 1.29 is 14.7 Å². The SMILES string of the molecule is N#Cc1ccc(NC(=O)N2CCN(CC(=O)O)CC2)cc1. The molecule has 1 aliphatic rings. The van der Waals surface area contributed by atoms with E-state index in [1.165, 1.54) is 0 Å². The van der Waals surface area contributed by atoms with E-state index in [2.05, 4.69) is 5.32 Å². The summed E-state index contributed by atoms with van der Waals surface area (Å²) in [5.41, 5.74) is 1.17. The molecular formula is C14H16N4O3. The monoisotopic (exact) mass is 288 g/mol. The summed E-state index contributed by atoms with van der Waals surface area (Å²) in [5.74, 6) is -0.856. The maximum absolute atomic E-state index is 12.1. The fraction of sp³-hybridized carbons (Fsp3) is 0.357. The van der Waals surface area contributed by atoms with Gasteiger partial charge >= 0.3 is 12.0 Å². The normalized spacial score (nSPS) is 15.3. The van der Waals surface area contributed by atoms with Crippen LogP contribution >= 0.6 is 0 Å². The third kappa shape index (κ3) is 4.19. The Balaban J connectivity index is 1.84. The molecule has 0 aromatic heterocycles. The van der Waals surface area contributed by atoms with Gasteiger partial charge in [0.25, 0.3) is 0 Å². The van der Waals surface area contributed by atoms with E-state index in [0.717, 1.165) is 0 Å². The van der Waals surface area contributed by atoms with Crippen LogP contribution in [-0.2, 0) is 4.79 Å². The molecule has 2 amide bonds. The van der Waals surface area contributed by atoms with Gasteiger partial charge in [-0.1, -0.05) is 0 Å². The van der Waals surface area contributed by atoms with Gasteiger partial charge in [0.15, 0.2) is 0 Å². The molecule has 110 valence electrons. The van der Waals surface area contributed by atoms with Crippen LogP contribution in [0.25, 0.3) is 0 Å². The lowest BCUT2D eigenvalue weighted by Crippen LogP contribution is -2.51. The molecule has 21 heavy (non-hydrogen) atoms. The van der Waals surface area contributed by atoms with Crippen LogP contribution in [0.1, 0.15) is 5.56 Å². The van der Waals surface area contributed by atoms with Crippen molar-refractivity contribution in [2.75, 3.05) is 38.0 Å². The van der Waals surface area contributed by atoms with Crippen molar-refractivity contribution in [3.8, 4) is 6.07 Å². The highest BCUT2D eigenvalue weighted by atomic mass is 16.4. The van der Waals surface area contributed by atoms with Crippen LogP contribution in [0.2, 0.25) is 0 Å². The summed E-state index contributed by atoms with van der Waals surface area (Å²) in [5, 5.41) is 20.2. The van der Waals surface area contributed by atoms with Gasteiger partial charge in [0.05, 0.1) is 18.2 Å². The molecule has 0 saturated carbocycles. The predicted molar refractivity (Wildman–Crippen MR) is 75.8 cm³/mol. The van der Waals surface area contributed by atoms with E-state index in [9.17, 15) is 9.59 Å². The second-order valence-electron chi connectivity index (χ2n) is 4.78. The second kappa shape index (κ2) is 6.72. The molecule has 0 bridgehead atoms. The Kier molecular flexibility index (Phi) is 4.74. The molecule has 7 nitrogen and oxygen atoms in total. The number of amides is 2. The lowest BCUT2D eigenvalue weighted by Gasteiger charge is -2.33. The smallest absolute Gasteiger partial charge is 0.321 e. The molecule has 1 aromatic rings. The zero-order chi connectivity index (χ0) is 15.2. The van der Waals surface area contributed by atoms with Gasteiger partial charge in [-0.2, -0.15) is 5.26 Å². The lowest BCUT2D eigenvalue weighted by atomic mass is 10.2. The minimum absolute atomic E-state index is 0.00504. The molecule has 0 spiro atoms. The van der Waals surface area contributed by atoms with Crippen molar-refractivity contribution in [3.05, 3.63) is 29.8 Å². The summed E-state index contributed by atoms with van der Waals surface area (Å²) in [6.07, 6.45) is 0. The maximum atomic E-state index is 12.1. The zero-order valence-corrected chi connectivity index (χ0v) is 11.5. The van der Waals surface area contributed by atoms with Crippen LogP contribution in [0.4, 0.5) is 10.5 Å². The molecule has 2 N–H and O–H groups in total. The van der Waals surface area contributed by atoms with Crippen LogP contribution < -0.4 is 5.32 Å². The Labute approximate surface area is 122 Å². The summed E-state index contributed by atoms with van der Waals surface area (Å²) in [6, 6.07) is 8.44. The Morgan fingerprint density at radius 2 is 1.81 bits per heavy atom. The van der Waals surface area contributed by atoms with Gasteiger partial charge in [0, 0.05) is 31.9 Å². The second-order valence-corrected chi connectivity index (χ2v) is 4.78. The van der Waals surface area contributed by atoms with Gasteiger partial charge in [0.1, 0.15) is 0 Å².